The van der Waals surface area contributed by atoms with Crippen molar-refractivity contribution in [3.8, 4) is 5.75 Å². The lowest BCUT2D eigenvalue weighted by Crippen LogP contribution is -2.42. The normalized spacial score (nSPS) is 12.9. The van der Waals surface area contributed by atoms with Crippen molar-refractivity contribution in [2.45, 2.75) is 40.7 Å². The Bertz CT molecular complexity index is 390. The van der Waals surface area contributed by atoms with E-state index in [2.05, 4.69) is 5.32 Å². The predicted octanol–water partition coefficient (Wildman–Crippen LogP) is 2.92. The molecule has 1 amide bonds. The fourth-order valence-electron chi connectivity index (χ4n) is 1.34. The van der Waals surface area contributed by atoms with Crippen molar-refractivity contribution in [3.05, 3.63) is 29.8 Å². The molecule has 0 radical (unpaired) electrons. The Morgan fingerprint density at radius 2 is 1.83 bits per heavy atom. The van der Waals surface area contributed by atoms with Crippen LogP contribution in [0.5, 0.6) is 5.75 Å². The third-order valence-electron chi connectivity index (χ3n) is 2.58. The Morgan fingerprint density at radius 3 is 2.33 bits per heavy atom. The van der Waals surface area contributed by atoms with Gasteiger partial charge in [-0.1, -0.05) is 38.5 Å². The minimum atomic E-state index is -0.363. The summed E-state index contributed by atoms with van der Waals surface area (Å²) in [5.74, 6) is 0.875. The van der Waals surface area contributed by atoms with E-state index in [4.69, 9.17) is 4.74 Å². The van der Waals surface area contributed by atoms with Crippen molar-refractivity contribution >= 4 is 5.91 Å². The van der Waals surface area contributed by atoms with E-state index in [0.29, 0.717) is 6.61 Å². The molecule has 1 N–H and O–H groups in total. The Labute approximate surface area is 110 Å². The van der Waals surface area contributed by atoms with Gasteiger partial charge >= 0.3 is 0 Å². The Balaban J connectivity index is 2.40. The summed E-state index contributed by atoms with van der Waals surface area (Å²) in [5, 5.41) is 2.94. The summed E-state index contributed by atoms with van der Waals surface area (Å²) in [6, 6.07) is 7.89. The topological polar surface area (TPSA) is 38.3 Å². The van der Waals surface area contributed by atoms with Crippen LogP contribution in [0, 0.1) is 12.3 Å². The second-order valence-electron chi connectivity index (χ2n) is 5.75. The standard InChI is InChI=1S/C15H23NO2/c1-11-6-8-13(9-7-11)18-10-12(2)16-14(17)15(3,4)5/h6-9,12H,10H2,1-5H3,(H,16,17). The van der Waals surface area contributed by atoms with Gasteiger partial charge in [0.05, 0.1) is 6.04 Å². The molecule has 0 aliphatic rings. The van der Waals surface area contributed by atoms with Gasteiger partial charge < -0.3 is 10.1 Å². The second-order valence-corrected chi connectivity index (χ2v) is 5.75. The highest BCUT2D eigenvalue weighted by Crippen LogP contribution is 2.14. The number of nitrogens with one attached hydrogen (secondary N) is 1. The monoisotopic (exact) mass is 249 g/mol. The van der Waals surface area contributed by atoms with Crippen molar-refractivity contribution in [1.29, 1.82) is 0 Å². The highest BCUT2D eigenvalue weighted by atomic mass is 16.5. The van der Waals surface area contributed by atoms with E-state index in [9.17, 15) is 4.79 Å². The molecule has 0 bridgehead atoms. The number of ether oxygens (including phenoxy) is 1. The van der Waals surface area contributed by atoms with Crippen LogP contribution in [0.15, 0.2) is 24.3 Å². The number of carbonyl (C=O) groups is 1. The van der Waals surface area contributed by atoms with Crippen molar-refractivity contribution in [2.24, 2.45) is 5.41 Å². The Morgan fingerprint density at radius 1 is 1.28 bits per heavy atom. The molecule has 3 nitrogen and oxygen atoms in total. The summed E-state index contributed by atoms with van der Waals surface area (Å²) in [6.07, 6.45) is 0. The average Bonchev–Trinajstić information content (AvgIpc) is 2.27. The molecule has 100 valence electrons. The van der Waals surface area contributed by atoms with Crippen molar-refractivity contribution in [1.82, 2.24) is 5.32 Å². The smallest absolute Gasteiger partial charge is 0.225 e. The van der Waals surface area contributed by atoms with E-state index >= 15 is 0 Å². The molecule has 1 aromatic carbocycles. The van der Waals surface area contributed by atoms with E-state index in [1.165, 1.54) is 5.56 Å². The maximum absolute atomic E-state index is 11.8. The molecule has 0 heterocycles. The zero-order valence-corrected chi connectivity index (χ0v) is 11.9. The largest absolute Gasteiger partial charge is 0.491 e. The van der Waals surface area contributed by atoms with E-state index in [1.807, 2.05) is 58.9 Å². The van der Waals surface area contributed by atoms with Crippen molar-refractivity contribution < 1.29 is 9.53 Å². The first-order chi connectivity index (χ1) is 8.29. The van der Waals surface area contributed by atoms with Crippen LogP contribution in [0.25, 0.3) is 0 Å². The highest BCUT2D eigenvalue weighted by Gasteiger charge is 2.22. The lowest BCUT2D eigenvalue weighted by molar-refractivity contribution is -0.129. The van der Waals surface area contributed by atoms with Crippen LogP contribution >= 0.6 is 0 Å². The molecule has 0 spiro atoms. The van der Waals surface area contributed by atoms with Crippen LogP contribution in [-0.2, 0) is 4.79 Å². The fourth-order valence-corrected chi connectivity index (χ4v) is 1.34. The number of amides is 1. The van der Waals surface area contributed by atoms with Gasteiger partial charge in [0.2, 0.25) is 5.91 Å². The van der Waals surface area contributed by atoms with E-state index in [-0.39, 0.29) is 17.4 Å². The van der Waals surface area contributed by atoms with Gasteiger partial charge in [-0.25, -0.2) is 0 Å². The molecule has 0 aliphatic heterocycles. The van der Waals surface area contributed by atoms with Gasteiger partial charge in [-0.2, -0.15) is 0 Å². The molecule has 3 heteroatoms. The van der Waals surface area contributed by atoms with Gasteiger partial charge in [-0.05, 0) is 26.0 Å². The SMILES string of the molecule is Cc1ccc(OCC(C)NC(=O)C(C)(C)C)cc1. The minimum Gasteiger partial charge on any atom is -0.491 e. The summed E-state index contributed by atoms with van der Waals surface area (Å²) in [7, 11) is 0. The molecule has 1 unspecified atom stereocenters. The van der Waals surface area contributed by atoms with Crippen LogP contribution in [0.3, 0.4) is 0 Å². The summed E-state index contributed by atoms with van der Waals surface area (Å²) in [5.41, 5.74) is 0.842. The van der Waals surface area contributed by atoms with Crippen molar-refractivity contribution in [3.63, 3.8) is 0 Å². The lowest BCUT2D eigenvalue weighted by atomic mass is 9.95. The summed E-state index contributed by atoms with van der Waals surface area (Å²) in [6.45, 7) is 10.2. The van der Waals surface area contributed by atoms with Crippen molar-refractivity contribution in [2.75, 3.05) is 6.61 Å². The Hall–Kier alpha value is -1.51. The van der Waals surface area contributed by atoms with Gasteiger partial charge in [0.15, 0.2) is 0 Å². The highest BCUT2D eigenvalue weighted by molar-refractivity contribution is 5.81. The molecule has 0 fully saturated rings. The molecule has 18 heavy (non-hydrogen) atoms. The maximum Gasteiger partial charge on any atom is 0.225 e. The Kier molecular flexibility index (Phi) is 4.76. The number of hydrogen-bond donors (Lipinski definition) is 1. The number of benzene rings is 1. The third kappa shape index (κ3) is 4.78. The van der Waals surface area contributed by atoms with Crippen LogP contribution in [0.1, 0.15) is 33.3 Å². The summed E-state index contributed by atoms with van der Waals surface area (Å²) >= 11 is 0. The summed E-state index contributed by atoms with van der Waals surface area (Å²) in [4.78, 5) is 11.8. The van der Waals surface area contributed by atoms with Crippen LogP contribution in [0.2, 0.25) is 0 Å². The molecular weight excluding hydrogens is 226 g/mol. The molecule has 0 aliphatic carbocycles. The fraction of sp³-hybridized carbons (Fsp3) is 0.533. The van der Waals surface area contributed by atoms with Gasteiger partial charge in [-0.3, -0.25) is 4.79 Å². The van der Waals surface area contributed by atoms with E-state index < -0.39 is 0 Å². The summed E-state index contributed by atoms with van der Waals surface area (Å²) < 4.78 is 5.62. The average molecular weight is 249 g/mol. The third-order valence-corrected chi connectivity index (χ3v) is 2.58. The van der Waals surface area contributed by atoms with Gasteiger partial charge in [0, 0.05) is 5.41 Å². The zero-order valence-electron chi connectivity index (χ0n) is 11.9. The molecule has 0 aromatic heterocycles. The van der Waals surface area contributed by atoms with Crippen LogP contribution < -0.4 is 10.1 Å². The van der Waals surface area contributed by atoms with E-state index in [0.717, 1.165) is 5.75 Å². The number of aryl methyl sites for hydroxylation is 1. The predicted molar refractivity (Wildman–Crippen MR) is 73.7 cm³/mol. The molecular formula is C15H23NO2. The van der Waals surface area contributed by atoms with Gasteiger partial charge in [-0.15, -0.1) is 0 Å². The minimum absolute atomic E-state index is 0.00183. The molecule has 1 rings (SSSR count). The van der Waals surface area contributed by atoms with Crippen LogP contribution in [0.4, 0.5) is 0 Å². The first-order valence-corrected chi connectivity index (χ1v) is 6.29. The molecule has 0 saturated heterocycles. The van der Waals surface area contributed by atoms with Gasteiger partial charge in [0.25, 0.3) is 0 Å². The molecule has 0 saturated carbocycles. The van der Waals surface area contributed by atoms with Crippen LogP contribution in [-0.4, -0.2) is 18.6 Å². The number of carbonyl (C=O) groups excluding carboxylic acids is 1. The zero-order chi connectivity index (χ0) is 13.8. The number of rotatable bonds is 4. The van der Waals surface area contributed by atoms with Gasteiger partial charge in [0.1, 0.15) is 12.4 Å². The second kappa shape index (κ2) is 5.89. The lowest BCUT2D eigenvalue weighted by Gasteiger charge is -2.22. The molecule has 1 aromatic rings. The van der Waals surface area contributed by atoms with E-state index in [1.54, 1.807) is 0 Å². The quantitative estimate of drug-likeness (QED) is 0.891. The molecule has 1 atom stereocenters. The maximum atomic E-state index is 11.8. The first kappa shape index (κ1) is 14.6. The first-order valence-electron chi connectivity index (χ1n) is 6.29. The number of hydrogen-bond acceptors (Lipinski definition) is 2.